The molecule has 1 heterocycles. The molecule has 5 heteroatoms. The fourth-order valence-corrected chi connectivity index (χ4v) is 2.59. The molecule has 3 unspecified atom stereocenters. The molecule has 0 bridgehead atoms. The monoisotopic (exact) mass is 257 g/mol. The molecule has 1 aliphatic heterocycles. The van der Waals surface area contributed by atoms with Gasteiger partial charge in [-0.2, -0.15) is 0 Å². The van der Waals surface area contributed by atoms with Crippen LogP contribution in [0.5, 0.6) is 0 Å². The van der Waals surface area contributed by atoms with Gasteiger partial charge in [-0.25, -0.2) is 0 Å². The predicted octanol–water partition coefficient (Wildman–Crippen LogP) is 0.197. The van der Waals surface area contributed by atoms with E-state index in [1.54, 1.807) is 7.11 Å². The van der Waals surface area contributed by atoms with E-state index in [0.29, 0.717) is 31.7 Å². The van der Waals surface area contributed by atoms with E-state index in [9.17, 15) is 4.79 Å². The SMILES string of the molecule is COCCNC(=O)C(C)N1CCC(C)CC1CN. The number of methoxy groups -OCH3 is 1. The maximum atomic E-state index is 12.0. The van der Waals surface area contributed by atoms with Gasteiger partial charge in [-0.15, -0.1) is 0 Å². The number of likely N-dealkylation sites (tertiary alicyclic amines) is 1. The Labute approximate surface area is 110 Å². The van der Waals surface area contributed by atoms with Crippen molar-refractivity contribution in [3.05, 3.63) is 0 Å². The van der Waals surface area contributed by atoms with Crippen molar-refractivity contribution < 1.29 is 9.53 Å². The Morgan fingerprint density at radius 3 is 2.94 bits per heavy atom. The summed E-state index contributed by atoms with van der Waals surface area (Å²) in [5, 5.41) is 2.89. The van der Waals surface area contributed by atoms with Crippen LogP contribution in [0.3, 0.4) is 0 Å². The quantitative estimate of drug-likeness (QED) is 0.667. The first-order valence-corrected chi connectivity index (χ1v) is 6.82. The molecule has 18 heavy (non-hydrogen) atoms. The Hall–Kier alpha value is -0.650. The van der Waals surface area contributed by atoms with E-state index in [1.807, 2.05) is 6.92 Å². The van der Waals surface area contributed by atoms with E-state index in [1.165, 1.54) is 0 Å². The molecular weight excluding hydrogens is 230 g/mol. The van der Waals surface area contributed by atoms with E-state index in [2.05, 4.69) is 17.1 Å². The summed E-state index contributed by atoms with van der Waals surface area (Å²) >= 11 is 0. The number of rotatable bonds is 6. The van der Waals surface area contributed by atoms with Gasteiger partial charge in [-0.1, -0.05) is 6.92 Å². The molecule has 0 spiro atoms. The largest absolute Gasteiger partial charge is 0.383 e. The standard InChI is InChI=1S/C13H27N3O2/c1-10-4-6-16(12(8-10)9-14)11(2)13(17)15-5-7-18-3/h10-12H,4-9,14H2,1-3H3,(H,15,17). The minimum atomic E-state index is -0.108. The van der Waals surface area contributed by atoms with Crippen LogP contribution < -0.4 is 11.1 Å². The van der Waals surface area contributed by atoms with Gasteiger partial charge in [-0.05, 0) is 32.2 Å². The lowest BCUT2D eigenvalue weighted by atomic mass is 9.91. The van der Waals surface area contributed by atoms with Crippen molar-refractivity contribution in [3.63, 3.8) is 0 Å². The van der Waals surface area contributed by atoms with Gasteiger partial charge >= 0.3 is 0 Å². The number of nitrogens with one attached hydrogen (secondary N) is 1. The molecule has 0 radical (unpaired) electrons. The van der Waals surface area contributed by atoms with Gasteiger partial charge in [0.25, 0.3) is 0 Å². The number of amides is 1. The highest BCUT2D eigenvalue weighted by atomic mass is 16.5. The first kappa shape index (κ1) is 15.4. The molecule has 3 N–H and O–H groups in total. The molecule has 5 nitrogen and oxygen atoms in total. The van der Waals surface area contributed by atoms with Crippen molar-refractivity contribution >= 4 is 5.91 Å². The second-order valence-electron chi connectivity index (χ2n) is 5.22. The van der Waals surface area contributed by atoms with E-state index in [0.717, 1.165) is 19.4 Å². The lowest BCUT2D eigenvalue weighted by Crippen LogP contribution is -2.55. The zero-order valence-corrected chi connectivity index (χ0v) is 11.8. The molecule has 0 aromatic heterocycles. The van der Waals surface area contributed by atoms with Crippen LogP contribution in [0.4, 0.5) is 0 Å². The number of carbonyl (C=O) groups is 1. The van der Waals surface area contributed by atoms with Gasteiger partial charge < -0.3 is 15.8 Å². The topological polar surface area (TPSA) is 67.6 Å². The molecule has 106 valence electrons. The van der Waals surface area contributed by atoms with Crippen LogP contribution in [0, 0.1) is 5.92 Å². The smallest absolute Gasteiger partial charge is 0.237 e. The summed E-state index contributed by atoms with van der Waals surface area (Å²) in [4.78, 5) is 14.2. The average Bonchev–Trinajstić information content (AvgIpc) is 2.37. The number of ether oxygens (including phenoxy) is 1. The predicted molar refractivity (Wildman–Crippen MR) is 72.3 cm³/mol. The minimum Gasteiger partial charge on any atom is -0.383 e. The van der Waals surface area contributed by atoms with Gasteiger partial charge in [0.15, 0.2) is 0 Å². The minimum absolute atomic E-state index is 0.0695. The van der Waals surface area contributed by atoms with Crippen molar-refractivity contribution in [2.45, 2.75) is 38.8 Å². The van der Waals surface area contributed by atoms with Crippen molar-refractivity contribution in [3.8, 4) is 0 Å². The molecule has 1 fully saturated rings. The van der Waals surface area contributed by atoms with Gasteiger partial charge in [-0.3, -0.25) is 9.69 Å². The molecule has 1 saturated heterocycles. The summed E-state index contributed by atoms with van der Waals surface area (Å²) in [6.07, 6.45) is 2.23. The number of hydrogen-bond acceptors (Lipinski definition) is 4. The summed E-state index contributed by atoms with van der Waals surface area (Å²) in [5.74, 6) is 0.776. The molecule has 1 rings (SSSR count). The van der Waals surface area contributed by atoms with E-state index < -0.39 is 0 Å². The Balaban J connectivity index is 2.48. The summed E-state index contributed by atoms with van der Waals surface area (Å²) in [5.41, 5.74) is 5.82. The molecule has 0 saturated carbocycles. The third-order valence-electron chi connectivity index (χ3n) is 3.78. The van der Waals surface area contributed by atoms with Gasteiger partial charge in [0, 0.05) is 26.2 Å². The van der Waals surface area contributed by atoms with Crippen LogP contribution in [0.1, 0.15) is 26.7 Å². The molecule has 1 amide bonds. The number of nitrogens with zero attached hydrogens (tertiary/aromatic N) is 1. The molecule has 3 atom stereocenters. The first-order valence-electron chi connectivity index (χ1n) is 6.82. The highest BCUT2D eigenvalue weighted by Crippen LogP contribution is 2.23. The zero-order chi connectivity index (χ0) is 13.5. The third kappa shape index (κ3) is 4.23. The van der Waals surface area contributed by atoms with Gasteiger partial charge in [0.2, 0.25) is 5.91 Å². The average molecular weight is 257 g/mol. The number of carbonyl (C=O) groups excluding carboxylic acids is 1. The van der Waals surface area contributed by atoms with Crippen LogP contribution >= 0.6 is 0 Å². The van der Waals surface area contributed by atoms with Crippen molar-refractivity contribution in [2.75, 3.05) is 33.4 Å². The normalized spacial score (nSPS) is 26.9. The Morgan fingerprint density at radius 2 is 2.33 bits per heavy atom. The van der Waals surface area contributed by atoms with E-state index in [-0.39, 0.29) is 11.9 Å². The second kappa shape index (κ2) is 7.71. The van der Waals surface area contributed by atoms with E-state index in [4.69, 9.17) is 10.5 Å². The highest BCUT2D eigenvalue weighted by Gasteiger charge is 2.31. The summed E-state index contributed by atoms with van der Waals surface area (Å²) in [6.45, 7) is 6.92. The van der Waals surface area contributed by atoms with Crippen LogP contribution in [-0.2, 0) is 9.53 Å². The van der Waals surface area contributed by atoms with Crippen molar-refractivity contribution in [1.29, 1.82) is 0 Å². The second-order valence-corrected chi connectivity index (χ2v) is 5.22. The molecule has 0 aliphatic carbocycles. The van der Waals surface area contributed by atoms with Crippen molar-refractivity contribution in [1.82, 2.24) is 10.2 Å². The maximum Gasteiger partial charge on any atom is 0.237 e. The zero-order valence-electron chi connectivity index (χ0n) is 11.8. The molecular formula is C13H27N3O2. The van der Waals surface area contributed by atoms with Gasteiger partial charge in [0.1, 0.15) is 0 Å². The first-order chi connectivity index (χ1) is 8.60. The Morgan fingerprint density at radius 1 is 1.61 bits per heavy atom. The highest BCUT2D eigenvalue weighted by molar-refractivity contribution is 5.81. The van der Waals surface area contributed by atoms with Crippen LogP contribution in [0.2, 0.25) is 0 Å². The van der Waals surface area contributed by atoms with Crippen LogP contribution in [-0.4, -0.2) is 56.2 Å². The van der Waals surface area contributed by atoms with Crippen LogP contribution in [0.25, 0.3) is 0 Å². The van der Waals surface area contributed by atoms with E-state index >= 15 is 0 Å². The van der Waals surface area contributed by atoms with Gasteiger partial charge in [0.05, 0.1) is 12.6 Å². The maximum absolute atomic E-state index is 12.0. The summed E-state index contributed by atoms with van der Waals surface area (Å²) < 4.78 is 4.93. The Kier molecular flexibility index (Phi) is 6.60. The molecule has 0 aromatic rings. The molecule has 0 aromatic carbocycles. The van der Waals surface area contributed by atoms with Crippen molar-refractivity contribution in [2.24, 2.45) is 11.7 Å². The number of hydrogen-bond donors (Lipinski definition) is 2. The lowest BCUT2D eigenvalue weighted by Gasteiger charge is -2.41. The summed E-state index contributed by atoms with van der Waals surface area (Å²) in [6, 6.07) is 0.222. The number of nitrogens with two attached hydrogens (primary N) is 1. The fourth-order valence-electron chi connectivity index (χ4n) is 2.59. The Bertz CT molecular complexity index is 261. The third-order valence-corrected chi connectivity index (χ3v) is 3.78. The fraction of sp³-hybridized carbons (Fsp3) is 0.923. The van der Waals surface area contributed by atoms with Crippen LogP contribution in [0.15, 0.2) is 0 Å². The number of piperidine rings is 1. The molecule has 1 aliphatic rings. The lowest BCUT2D eigenvalue weighted by molar-refractivity contribution is -0.127. The summed E-state index contributed by atoms with van der Waals surface area (Å²) in [7, 11) is 1.63.